The first-order valence-electron chi connectivity index (χ1n) is 13.2. The molecule has 0 bridgehead atoms. The van der Waals surface area contributed by atoms with Crippen molar-refractivity contribution in [1.29, 1.82) is 0 Å². The van der Waals surface area contributed by atoms with Crippen molar-refractivity contribution in [3.63, 3.8) is 0 Å². The van der Waals surface area contributed by atoms with Crippen LogP contribution in [-0.2, 0) is 0 Å². The highest BCUT2D eigenvalue weighted by Crippen LogP contribution is 2.45. The molecule has 5 nitrogen and oxygen atoms in total. The van der Waals surface area contributed by atoms with Crippen LogP contribution in [-0.4, -0.2) is 24.9 Å². The molecule has 3 aromatic heterocycles. The van der Waals surface area contributed by atoms with Crippen LogP contribution in [0.1, 0.15) is 0 Å². The average molecular weight is 512 g/mol. The van der Waals surface area contributed by atoms with E-state index in [9.17, 15) is 0 Å². The minimum atomic E-state index is 0.645. The largest absolute Gasteiger partial charge is 0.264 e. The van der Waals surface area contributed by atoms with Crippen LogP contribution in [0.2, 0.25) is 0 Å². The van der Waals surface area contributed by atoms with Crippen LogP contribution in [0.3, 0.4) is 0 Å². The second-order valence-corrected chi connectivity index (χ2v) is 9.80. The van der Waals surface area contributed by atoms with Gasteiger partial charge in [0.05, 0.1) is 16.8 Å². The van der Waals surface area contributed by atoms with Gasteiger partial charge >= 0.3 is 0 Å². The Morgan fingerprint density at radius 2 is 0.850 bits per heavy atom. The smallest absolute Gasteiger partial charge is 0.168 e. The van der Waals surface area contributed by atoms with E-state index in [2.05, 4.69) is 96.0 Å². The molecule has 0 aliphatic heterocycles. The van der Waals surface area contributed by atoms with Crippen molar-refractivity contribution in [1.82, 2.24) is 24.9 Å². The summed E-state index contributed by atoms with van der Waals surface area (Å²) in [5.74, 6) is 1.30. The Kier molecular flexibility index (Phi) is 5.07. The maximum Gasteiger partial charge on any atom is 0.168 e. The fourth-order valence-electron chi connectivity index (χ4n) is 5.37. The molecule has 186 valence electrons. The van der Waals surface area contributed by atoms with Crippen molar-refractivity contribution in [3.8, 4) is 67.5 Å². The molecule has 40 heavy (non-hydrogen) atoms. The lowest BCUT2D eigenvalue weighted by Crippen LogP contribution is -1.98. The monoisotopic (exact) mass is 511 g/mol. The third-order valence-corrected chi connectivity index (χ3v) is 7.38. The minimum absolute atomic E-state index is 0.645. The Hall–Kier alpha value is -5.55. The number of rotatable bonds is 4. The second-order valence-electron chi connectivity index (χ2n) is 9.80. The van der Waals surface area contributed by atoms with E-state index in [0.29, 0.717) is 17.3 Å². The summed E-state index contributed by atoms with van der Waals surface area (Å²) >= 11 is 0. The van der Waals surface area contributed by atoms with E-state index in [0.717, 1.165) is 55.7 Å². The van der Waals surface area contributed by atoms with Crippen LogP contribution in [0.5, 0.6) is 0 Å². The highest BCUT2D eigenvalue weighted by Gasteiger charge is 2.27. The predicted molar refractivity (Wildman–Crippen MR) is 159 cm³/mol. The summed E-state index contributed by atoms with van der Waals surface area (Å²) in [6.45, 7) is 0. The molecule has 0 saturated heterocycles. The third kappa shape index (κ3) is 3.68. The molecule has 1 aliphatic rings. The van der Waals surface area contributed by atoms with Crippen molar-refractivity contribution < 1.29 is 0 Å². The number of fused-ring (bicyclic) bond motifs is 3. The van der Waals surface area contributed by atoms with E-state index in [4.69, 9.17) is 19.9 Å². The molecule has 5 heteroatoms. The zero-order valence-electron chi connectivity index (χ0n) is 21.4. The van der Waals surface area contributed by atoms with Crippen LogP contribution in [0.25, 0.3) is 78.6 Å². The van der Waals surface area contributed by atoms with Gasteiger partial charge in [-0.3, -0.25) is 4.98 Å². The van der Waals surface area contributed by atoms with E-state index in [1.165, 1.54) is 5.56 Å². The maximum absolute atomic E-state index is 5.04. The van der Waals surface area contributed by atoms with Gasteiger partial charge in [-0.15, -0.1) is 0 Å². The Morgan fingerprint density at radius 1 is 0.375 bits per heavy atom. The Bertz CT molecular complexity index is 1870. The number of hydrogen-bond acceptors (Lipinski definition) is 5. The van der Waals surface area contributed by atoms with Gasteiger partial charge in [-0.05, 0) is 28.3 Å². The van der Waals surface area contributed by atoms with Crippen LogP contribution in [0, 0.1) is 0 Å². The molecule has 0 N–H and O–H groups in total. The summed E-state index contributed by atoms with van der Waals surface area (Å²) in [6, 6.07) is 39.3. The van der Waals surface area contributed by atoms with Crippen molar-refractivity contribution in [2.75, 3.05) is 0 Å². The Balaban J connectivity index is 1.26. The molecule has 0 fully saturated rings. The molecule has 7 aromatic rings. The third-order valence-electron chi connectivity index (χ3n) is 7.38. The molecule has 0 spiro atoms. The molecule has 4 aromatic carbocycles. The normalized spacial score (nSPS) is 11.5. The molecule has 8 rings (SSSR count). The van der Waals surface area contributed by atoms with Crippen molar-refractivity contribution in [2.24, 2.45) is 0 Å². The van der Waals surface area contributed by atoms with Gasteiger partial charge in [-0.1, -0.05) is 109 Å². The fourth-order valence-corrected chi connectivity index (χ4v) is 5.37. The van der Waals surface area contributed by atoms with Gasteiger partial charge < -0.3 is 0 Å². The summed E-state index contributed by atoms with van der Waals surface area (Å²) in [5.41, 5.74) is 10.9. The second kappa shape index (κ2) is 9.03. The number of pyridine rings is 1. The SMILES string of the molecule is c1ccc(-c2ccc(-c3nc4c5c(nc(-c6ccc(-c7cccnc7)cc6)nc5n3)-c3ccccc3-4)cc2)cc1. The molecule has 0 atom stereocenters. The lowest BCUT2D eigenvalue weighted by molar-refractivity contribution is 1.16. The van der Waals surface area contributed by atoms with Gasteiger partial charge in [0.15, 0.2) is 17.3 Å². The Labute approximate surface area is 230 Å². The zero-order chi connectivity index (χ0) is 26.5. The summed E-state index contributed by atoms with van der Waals surface area (Å²) in [4.78, 5) is 24.2. The van der Waals surface area contributed by atoms with Crippen LogP contribution < -0.4 is 0 Å². The number of nitrogens with zero attached hydrogens (tertiary/aromatic N) is 5. The molecular formula is C35H21N5. The molecule has 0 unspecified atom stereocenters. The zero-order valence-corrected chi connectivity index (χ0v) is 21.4. The minimum Gasteiger partial charge on any atom is -0.264 e. The highest BCUT2D eigenvalue weighted by atomic mass is 15.0. The lowest BCUT2D eigenvalue weighted by atomic mass is 10.0. The van der Waals surface area contributed by atoms with Crippen LogP contribution >= 0.6 is 0 Å². The predicted octanol–water partition coefficient (Wildman–Crippen LogP) is 8.13. The van der Waals surface area contributed by atoms with Crippen molar-refractivity contribution >= 4 is 11.0 Å². The quantitative estimate of drug-likeness (QED) is 0.239. The van der Waals surface area contributed by atoms with Crippen LogP contribution in [0.15, 0.2) is 128 Å². The van der Waals surface area contributed by atoms with Gasteiger partial charge in [0, 0.05) is 34.6 Å². The lowest BCUT2D eigenvalue weighted by Gasteiger charge is -2.09. The number of aromatic nitrogens is 5. The fraction of sp³-hybridized carbons (Fsp3) is 0. The number of benzene rings is 4. The molecule has 1 aliphatic carbocycles. The molecular weight excluding hydrogens is 490 g/mol. The first-order valence-corrected chi connectivity index (χ1v) is 13.2. The van der Waals surface area contributed by atoms with Crippen molar-refractivity contribution in [3.05, 3.63) is 128 Å². The first kappa shape index (κ1) is 22.4. The standard InChI is InChI=1S/C35H21N5/c1-2-7-22(8-3-1)23-12-16-25(17-13-23)33-37-31-28-10-4-5-11-29(28)32-30(31)35(39-33)40-34(38-32)26-18-14-24(15-19-26)27-9-6-20-36-21-27/h1-21H. The van der Waals surface area contributed by atoms with Gasteiger partial charge in [0.25, 0.3) is 0 Å². The van der Waals surface area contributed by atoms with E-state index >= 15 is 0 Å². The van der Waals surface area contributed by atoms with Crippen LogP contribution in [0.4, 0.5) is 0 Å². The average Bonchev–Trinajstić information content (AvgIpc) is 3.36. The molecule has 0 amide bonds. The van der Waals surface area contributed by atoms with E-state index in [1.54, 1.807) is 6.20 Å². The van der Waals surface area contributed by atoms with E-state index in [1.807, 2.05) is 30.5 Å². The van der Waals surface area contributed by atoms with Gasteiger partial charge in [-0.25, -0.2) is 19.9 Å². The van der Waals surface area contributed by atoms with Gasteiger partial charge in [0.1, 0.15) is 0 Å². The Morgan fingerprint density at radius 3 is 1.40 bits per heavy atom. The molecule has 0 saturated carbocycles. The summed E-state index contributed by atoms with van der Waals surface area (Å²) in [5, 5.41) is 0.904. The van der Waals surface area contributed by atoms with E-state index < -0.39 is 0 Å². The first-order chi connectivity index (χ1) is 19.8. The topological polar surface area (TPSA) is 64.5 Å². The van der Waals surface area contributed by atoms with Crippen molar-refractivity contribution in [2.45, 2.75) is 0 Å². The molecule has 3 heterocycles. The summed E-state index contributed by atoms with van der Waals surface area (Å²) in [6.07, 6.45) is 3.65. The maximum atomic E-state index is 5.04. The van der Waals surface area contributed by atoms with Gasteiger partial charge in [-0.2, -0.15) is 0 Å². The molecule has 0 radical (unpaired) electrons. The number of hydrogen-bond donors (Lipinski definition) is 0. The van der Waals surface area contributed by atoms with E-state index in [-0.39, 0.29) is 0 Å². The van der Waals surface area contributed by atoms with Gasteiger partial charge in [0.2, 0.25) is 0 Å². The summed E-state index contributed by atoms with van der Waals surface area (Å²) in [7, 11) is 0. The summed E-state index contributed by atoms with van der Waals surface area (Å²) < 4.78 is 0. The highest BCUT2D eigenvalue weighted by molar-refractivity contribution is 6.11.